The van der Waals surface area contributed by atoms with Gasteiger partial charge in [-0.1, -0.05) is 78.6 Å². The van der Waals surface area contributed by atoms with Crippen molar-refractivity contribution in [1.29, 1.82) is 0 Å². The van der Waals surface area contributed by atoms with Crippen molar-refractivity contribution in [2.24, 2.45) is 10.2 Å². The predicted octanol–water partition coefficient (Wildman–Crippen LogP) is 5.68. The molecule has 0 saturated carbocycles. The summed E-state index contributed by atoms with van der Waals surface area (Å²) in [7, 11) is -5.57. The monoisotopic (exact) mass is 402 g/mol. The SMILES string of the molecule is C[Si](C)(C)N(/N=C/CC/C=N/N([Si](C)(C)C)[Si](C)(C)C)[Si](C)(C)C. The van der Waals surface area contributed by atoms with Crippen molar-refractivity contribution >= 4 is 45.4 Å². The number of hydrogen-bond acceptors (Lipinski definition) is 4. The Morgan fingerprint density at radius 3 is 0.875 bits per heavy atom. The maximum Gasteiger partial charge on any atom is 0.158 e. The minimum Gasteiger partial charge on any atom is -0.350 e. The predicted molar refractivity (Wildman–Crippen MR) is 123 cm³/mol. The summed E-state index contributed by atoms with van der Waals surface area (Å²) in [6, 6.07) is 0. The lowest BCUT2D eigenvalue weighted by Crippen LogP contribution is -2.56. The van der Waals surface area contributed by atoms with Crippen LogP contribution in [-0.4, -0.2) is 54.1 Å². The molecule has 0 atom stereocenters. The lowest BCUT2D eigenvalue weighted by Gasteiger charge is -2.41. The Bertz CT molecular complexity index is 367. The number of rotatable bonds is 9. The van der Waals surface area contributed by atoms with E-state index in [4.69, 9.17) is 10.2 Å². The average molecular weight is 403 g/mol. The van der Waals surface area contributed by atoms with E-state index < -0.39 is 32.9 Å². The molecule has 142 valence electrons. The van der Waals surface area contributed by atoms with Crippen LogP contribution in [0.25, 0.3) is 0 Å². The summed E-state index contributed by atoms with van der Waals surface area (Å²) in [4.78, 5) is 0. The van der Waals surface area contributed by atoms with E-state index in [1.807, 2.05) is 0 Å². The molecule has 0 spiro atoms. The normalized spacial score (nSPS) is 14.7. The van der Waals surface area contributed by atoms with Crippen LogP contribution in [0.15, 0.2) is 10.2 Å². The van der Waals surface area contributed by atoms with E-state index in [1.54, 1.807) is 0 Å². The lowest BCUT2D eigenvalue weighted by molar-refractivity contribution is 0.664. The highest BCUT2D eigenvalue weighted by molar-refractivity contribution is 6.90. The van der Waals surface area contributed by atoms with Crippen molar-refractivity contribution in [3.63, 3.8) is 0 Å². The highest BCUT2D eigenvalue weighted by atomic mass is 28.4. The molecule has 0 aromatic carbocycles. The van der Waals surface area contributed by atoms with Crippen molar-refractivity contribution in [3.8, 4) is 0 Å². The van der Waals surface area contributed by atoms with E-state index in [-0.39, 0.29) is 0 Å². The van der Waals surface area contributed by atoms with Crippen LogP contribution in [0.3, 0.4) is 0 Å². The second-order valence-corrected chi connectivity index (χ2v) is 30.4. The second kappa shape index (κ2) is 8.46. The Hall–Kier alpha value is -0.192. The van der Waals surface area contributed by atoms with Gasteiger partial charge < -0.3 is 8.68 Å². The van der Waals surface area contributed by atoms with Gasteiger partial charge in [0.25, 0.3) is 0 Å². The molecule has 0 aliphatic rings. The molecule has 0 N–H and O–H groups in total. The van der Waals surface area contributed by atoms with Gasteiger partial charge in [0, 0.05) is 12.4 Å². The number of unbranched alkanes of at least 4 members (excludes halogenated alkanes) is 1. The van der Waals surface area contributed by atoms with Crippen LogP contribution in [0.5, 0.6) is 0 Å². The molecular weight excluding hydrogens is 361 g/mol. The zero-order valence-corrected chi connectivity index (χ0v) is 22.4. The first-order chi connectivity index (χ1) is 10.5. The molecule has 0 amide bonds. The fourth-order valence-corrected chi connectivity index (χ4v) is 20.9. The van der Waals surface area contributed by atoms with Crippen LogP contribution >= 0.6 is 0 Å². The average Bonchev–Trinajstić information content (AvgIpc) is 2.25. The minimum absolute atomic E-state index is 0.972. The second-order valence-electron chi connectivity index (χ2n) is 10.5. The maximum absolute atomic E-state index is 4.85. The third-order valence-electron chi connectivity index (χ3n) is 3.36. The van der Waals surface area contributed by atoms with Gasteiger partial charge in [0.05, 0.1) is 0 Å². The molecule has 0 bridgehead atoms. The van der Waals surface area contributed by atoms with Crippen LogP contribution in [0, 0.1) is 0 Å². The molecule has 0 aromatic rings. The van der Waals surface area contributed by atoms with Gasteiger partial charge in [-0.2, -0.15) is 0 Å². The van der Waals surface area contributed by atoms with Gasteiger partial charge in [0.2, 0.25) is 0 Å². The topological polar surface area (TPSA) is 31.2 Å². The molecule has 0 radical (unpaired) electrons. The van der Waals surface area contributed by atoms with Crippen LogP contribution in [0.1, 0.15) is 12.8 Å². The molecule has 0 rings (SSSR count). The van der Waals surface area contributed by atoms with E-state index in [9.17, 15) is 0 Å². The highest BCUT2D eigenvalue weighted by Crippen LogP contribution is 2.20. The van der Waals surface area contributed by atoms with Crippen LogP contribution in [-0.2, 0) is 0 Å². The third-order valence-corrected chi connectivity index (χ3v) is 17.0. The van der Waals surface area contributed by atoms with Crippen LogP contribution in [0.4, 0.5) is 0 Å². The standard InChI is InChI=1S/C16H42N4Si4/c1-21(2,3)19(22(4,5)6)17-15-13-14-16-18-20(23(7,8)9)24(10,11)12/h15-16H,13-14H2,1-12H3/b17-15+,18-16+. The largest absolute Gasteiger partial charge is 0.350 e. The van der Waals surface area contributed by atoms with Crippen molar-refractivity contribution in [1.82, 2.24) is 8.68 Å². The third kappa shape index (κ3) is 8.77. The van der Waals surface area contributed by atoms with Crippen molar-refractivity contribution < 1.29 is 0 Å². The molecule has 0 aliphatic heterocycles. The zero-order valence-electron chi connectivity index (χ0n) is 18.4. The lowest BCUT2D eigenvalue weighted by atomic mass is 10.4. The van der Waals surface area contributed by atoms with E-state index in [0.29, 0.717) is 0 Å². The van der Waals surface area contributed by atoms with Gasteiger partial charge in [-0.15, -0.1) is 0 Å². The molecule has 0 heterocycles. The number of hydrazone groups is 2. The summed E-state index contributed by atoms with van der Waals surface area (Å²) in [5, 5.41) is 9.71. The summed E-state index contributed by atoms with van der Waals surface area (Å²) in [5.41, 5.74) is 0. The van der Waals surface area contributed by atoms with E-state index >= 15 is 0 Å². The molecule has 8 heteroatoms. The first-order valence-electron chi connectivity index (χ1n) is 9.13. The van der Waals surface area contributed by atoms with Gasteiger partial charge in [0.15, 0.2) is 32.9 Å². The molecule has 0 fully saturated rings. The molecule has 0 saturated heterocycles. The Labute approximate surface area is 155 Å². The van der Waals surface area contributed by atoms with Gasteiger partial charge >= 0.3 is 0 Å². The van der Waals surface area contributed by atoms with Gasteiger partial charge in [0.1, 0.15) is 0 Å². The summed E-state index contributed by atoms with van der Waals surface area (Å²) in [6.07, 6.45) is 6.16. The van der Waals surface area contributed by atoms with Gasteiger partial charge in [-0.3, -0.25) is 0 Å². The Kier molecular flexibility index (Phi) is 8.39. The Morgan fingerprint density at radius 2 is 0.708 bits per heavy atom. The summed E-state index contributed by atoms with van der Waals surface area (Å²) in [5.74, 6) is 0. The molecule has 0 unspecified atom stereocenters. The Morgan fingerprint density at radius 1 is 0.500 bits per heavy atom. The molecular formula is C16H42N4Si4. The summed E-state index contributed by atoms with van der Waals surface area (Å²) >= 11 is 0. The number of nitrogens with zero attached hydrogens (tertiary/aromatic N) is 4. The quantitative estimate of drug-likeness (QED) is 0.215. The fourth-order valence-electron chi connectivity index (χ4n) is 3.13. The van der Waals surface area contributed by atoms with E-state index in [0.717, 1.165) is 12.8 Å². The molecule has 24 heavy (non-hydrogen) atoms. The highest BCUT2D eigenvalue weighted by Gasteiger charge is 2.34. The van der Waals surface area contributed by atoms with Gasteiger partial charge in [-0.05, 0) is 12.8 Å². The summed E-state index contributed by atoms with van der Waals surface area (Å²) < 4.78 is 4.93. The number of hydrogen-bond donors (Lipinski definition) is 0. The fraction of sp³-hybridized carbons (Fsp3) is 0.875. The zero-order chi connectivity index (χ0) is 19.4. The first kappa shape index (κ1) is 23.8. The van der Waals surface area contributed by atoms with E-state index in [1.165, 1.54) is 0 Å². The van der Waals surface area contributed by atoms with Crippen molar-refractivity contribution in [2.75, 3.05) is 0 Å². The van der Waals surface area contributed by atoms with Crippen molar-refractivity contribution in [3.05, 3.63) is 0 Å². The van der Waals surface area contributed by atoms with E-state index in [2.05, 4.69) is 99.7 Å². The van der Waals surface area contributed by atoms with Crippen LogP contribution in [0.2, 0.25) is 78.6 Å². The van der Waals surface area contributed by atoms with Crippen LogP contribution < -0.4 is 0 Å². The minimum atomic E-state index is -1.39. The maximum atomic E-state index is 4.85. The molecule has 0 aliphatic carbocycles. The molecule has 4 nitrogen and oxygen atoms in total. The summed E-state index contributed by atoms with van der Waals surface area (Å²) in [6.45, 7) is 28.5. The molecule has 0 aromatic heterocycles. The first-order valence-corrected chi connectivity index (χ1v) is 22.9. The smallest absolute Gasteiger partial charge is 0.158 e. The Balaban J connectivity index is 4.77. The van der Waals surface area contributed by atoms with Gasteiger partial charge in [-0.25, -0.2) is 10.2 Å². The van der Waals surface area contributed by atoms with Crippen molar-refractivity contribution in [2.45, 2.75) is 91.4 Å².